The number of benzene rings is 1. The Bertz CT molecular complexity index is 441. The molecule has 0 aliphatic rings. The van der Waals surface area contributed by atoms with Gasteiger partial charge in [0.1, 0.15) is 0 Å². The highest BCUT2D eigenvalue weighted by Crippen LogP contribution is 2.16. The van der Waals surface area contributed by atoms with Crippen molar-refractivity contribution < 1.29 is 10.2 Å². The molecular formula is C10H13N3O2. The summed E-state index contributed by atoms with van der Waals surface area (Å²) in [7, 11) is 0. The Morgan fingerprint density at radius 2 is 2.33 bits per heavy atom. The van der Waals surface area contributed by atoms with Crippen molar-refractivity contribution in [1.82, 2.24) is 10.2 Å². The smallest absolute Gasteiger partial charge is 0.0942 e. The number of nitrogens with zero attached hydrogens (tertiary/aromatic N) is 1. The Morgan fingerprint density at radius 1 is 1.47 bits per heavy atom. The normalized spacial score (nSPS) is 12.9. The molecular weight excluding hydrogens is 194 g/mol. The maximum absolute atomic E-state index is 9.16. The van der Waals surface area contributed by atoms with Crippen LogP contribution in [0.2, 0.25) is 0 Å². The van der Waals surface area contributed by atoms with Gasteiger partial charge in [-0.3, -0.25) is 5.10 Å². The van der Waals surface area contributed by atoms with Crippen molar-refractivity contribution in [3.63, 3.8) is 0 Å². The number of nitrogens with one attached hydrogen (secondary N) is 2. The number of anilines is 1. The van der Waals surface area contributed by atoms with E-state index in [1.54, 1.807) is 6.20 Å². The molecule has 1 atom stereocenters. The molecule has 0 aliphatic carbocycles. The van der Waals surface area contributed by atoms with Crippen LogP contribution in [0.25, 0.3) is 10.9 Å². The lowest BCUT2D eigenvalue weighted by Gasteiger charge is -2.09. The van der Waals surface area contributed by atoms with Crippen LogP contribution in [0.5, 0.6) is 0 Å². The van der Waals surface area contributed by atoms with Gasteiger partial charge in [-0.15, -0.1) is 0 Å². The summed E-state index contributed by atoms with van der Waals surface area (Å²) in [6.45, 7) is 0.0927. The molecule has 0 saturated carbocycles. The molecule has 1 aromatic carbocycles. The first-order valence-corrected chi connectivity index (χ1v) is 4.75. The lowest BCUT2D eigenvalue weighted by atomic mass is 10.2. The predicted octanol–water partition coefficient (Wildman–Crippen LogP) is 0.328. The van der Waals surface area contributed by atoms with Crippen molar-refractivity contribution in [2.24, 2.45) is 0 Å². The van der Waals surface area contributed by atoms with Crippen LogP contribution >= 0.6 is 0 Å². The van der Waals surface area contributed by atoms with E-state index in [1.807, 2.05) is 18.2 Å². The zero-order chi connectivity index (χ0) is 10.7. The number of hydrogen-bond donors (Lipinski definition) is 4. The van der Waals surface area contributed by atoms with E-state index >= 15 is 0 Å². The molecule has 4 N–H and O–H groups in total. The van der Waals surface area contributed by atoms with E-state index in [2.05, 4.69) is 15.5 Å². The molecule has 0 fully saturated rings. The van der Waals surface area contributed by atoms with Crippen LogP contribution in [0, 0.1) is 0 Å². The zero-order valence-corrected chi connectivity index (χ0v) is 8.14. The SMILES string of the molecule is OCC(O)CNc1ccc2cn[nH]c2c1. The van der Waals surface area contributed by atoms with Gasteiger partial charge in [0.05, 0.1) is 24.4 Å². The van der Waals surface area contributed by atoms with Crippen LogP contribution in [0.15, 0.2) is 24.4 Å². The molecule has 80 valence electrons. The molecule has 1 heterocycles. The minimum atomic E-state index is -0.734. The van der Waals surface area contributed by atoms with Crippen LogP contribution in [-0.4, -0.2) is 39.7 Å². The minimum absolute atomic E-state index is 0.237. The number of H-pyrrole nitrogens is 1. The Balaban J connectivity index is 2.08. The van der Waals surface area contributed by atoms with Gasteiger partial charge in [-0.2, -0.15) is 5.10 Å². The third kappa shape index (κ3) is 2.26. The minimum Gasteiger partial charge on any atom is -0.394 e. The molecule has 15 heavy (non-hydrogen) atoms. The molecule has 0 spiro atoms. The molecule has 2 aromatic rings. The molecule has 0 aliphatic heterocycles. The highest BCUT2D eigenvalue weighted by molar-refractivity contribution is 5.81. The fraction of sp³-hybridized carbons (Fsp3) is 0.300. The van der Waals surface area contributed by atoms with Gasteiger partial charge >= 0.3 is 0 Å². The summed E-state index contributed by atoms with van der Waals surface area (Å²) in [6, 6.07) is 5.75. The molecule has 1 aromatic heterocycles. The Hall–Kier alpha value is -1.59. The quantitative estimate of drug-likeness (QED) is 0.582. The number of hydrogen-bond acceptors (Lipinski definition) is 4. The van der Waals surface area contributed by atoms with Gasteiger partial charge in [0.2, 0.25) is 0 Å². The Morgan fingerprint density at radius 3 is 3.13 bits per heavy atom. The number of rotatable bonds is 4. The third-order valence-electron chi connectivity index (χ3n) is 2.19. The van der Waals surface area contributed by atoms with Gasteiger partial charge < -0.3 is 15.5 Å². The second kappa shape index (κ2) is 4.29. The second-order valence-electron chi connectivity index (χ2n) is 3.39. The average molecular weight is 207 g/mol. The van der Waals surface area contributed by atoms with Crippen LogP contribution in [0.4, 0.5) is 5.69 Å². The topological polar surface area (TPSA) is 81.2 Å². The number of aliphatic hydroxyl groups excluding tert-OH is 2. The van der Waals surface area contributed by atoms with E-state index in [0.717, 1.165) is 16.6 Å². The Labute approximate surface area is 86.7 Å². The van der Waals surface area contributed by atoms with Gasteiger partial charge in [-0.25, -0.2) is 0 Å². The number of fused-ring (bicyclic) bond motifs is 1. The molecule has 5 nitrogen and oxygen atoms in total. The van der Waals surface area contributed by atoms with E-state index in [1.165, 1.54) is 0 Å². The van der Waals surface area contributed by atoms with Crippen molar-refractivity contribution >= 4 is 16.6 Å². The molecule has 5 heteroatoms. The molecule has 2 rings (SSSR count). The molecule has 0 bridgehead atoms. The van der Waals surface area contributed by atoms with Gasteiger partial charge in [0.25, 0.3) is 0 Å². The van der Waals surface area contributed by atoms with E-state index in [-0.39, 0.29) is 6.61 Å². The summed E-state index contributed by atoms with van der Waals surface area (Å²) in [5, 5.41) is 28.6. The summed E-state index contributed by atoms with van der Waals surface area (Å²) < 4.78 is 0. The average Bonchev–Trinajstić information content (AvgIpc) is 2.72. The number of aliphatic hydroxyl groups is 2. The van der Waals surface area contributed by atoms with Gasteiger partial charge in [-0.05, 0) is 18.2 Å². The number of aromatic nitrogens is 2. The van der Waals surface area contributed by atoms with E-state index in [0.29, 0.717) is 6.54 Å². The monoisotopic (exact) mass is 207 g/mol. The van der Waals surface area contributed by atoms with Crippen molar-refractivity contribution in [2.75, 3.05) is 18.5 Å². The summed E-state index contributed by atoms with van der Waals surface area (Å²) in [5.74, 6) is 0. The van der Waals surface area contributed by atoms with Crippen molar-refractivity contribution in [1.29, 1.82) is 0 Å². The highest BCUT2D eigenvalue weighted by atomic mass is 16.3. The first-order valence-electron chi connectivity index (χ1n) is 4.75. The maximum Gasteiger partial charge on any atom is 0.0942 e. The lowest BCUT2D eigenvalue weighted by Crippen LogP contribution is -2.22. The fourth-order valence-electron chi connectivity index (χ4n) is 1.35. The van der Waals surface area contributed by atoms with E-state index in [4.69, 9.17) is 10.2 Å². The standard InChI is InChI=1S/C10H13N3O2/c14-6-9(15)5-11-8-2-1-7-4-12-13-10(7)3-8/h1-4,9,11,14-15H,5-6H2,(H,12,13). The molecule has 0 amide bonds. The summed E-state index contributed by atoms with van der Waals surface area (Å²) in [4.78, 5) is 0. The van der Waals surface area contributed by atoms with E-state index in [9.17, 15) is 0 Å². The lowest BCUT2D eigenvalue weighted by molar-refractivity contribution is 0.105. The molecule has 1 unspecified atom stereocenters. The second-order valence-corrected chi connectivity index (χ2v) is 3.39. The first-order chi connectivity index (χ1) is 7.29. The van der Waals surface area contributed by atoms with Gasteiger partial charge in [0, 0.05) is 17.6 Å². The van der Waals surface area contributed by atoms with Gasteiger partial charge in [0.15, 0.2) is 0 Å². The maximum atomic E-state index is 9.16. The van der Waals surface area contributed by atoms with Crippen molar-refractivity contribution in [3.05, 3.63) is 24.4 Å². The van der Waals surface area contributed by atoms with Crippen molar-refractivity contribution in [3.8, 4) is 0 Å². The fourth-order valence-corrected chi connectivity index (χ4v) is 1.35. The summed E-state index contributed by atoms with van der Waals surface area (Å²) in [5.41, 5.74) is 1.83. The largest absolute Gasteiger partial charge is 0.394 e. The number of aromatic amines is 1. The van der Waals surface area contributed by atoms with Crippen LogP contribution < -0.4 is 5.32 Å². The molecule has 0 radical (unpaired) electrons. The Kier molecular flexibility index (Phi) is 2.84. The van der Waals surface area contributed by atoms with E-state index < -0.39 is 6.10 Å². The van der Waals surface area contributed by atoms with Crippen molar-refractivity contribution in [2.45, 2.75) is 6.10 Å². The molecule has 0 saturated heterocycles. The summed E-state index contributed by atoms with van der Waals surface area (Å²) in [6.07, 6.45) is 1.02. The third-order valence-corrected chi connectivity index (χ3v) is 2.19. The van der Waals surface area contributed by atoms with Crippen LogP contribution in [-0.2, 0) is 0 Å². The predicted molar refractivity (Wildman–Crippen MR) is 57.7 cm³/mol. The zero-order valence-electron chi connectivity index (χ0n) is 8.14. The van der Waals surface area contributed by atoms with Gasteiger partial charge in [-0.1, -0.05) is 0 Å². The highest BCUT2D eigenvalue weighted by Gasteiger charge is 2.02. The van der Waals surface area contributed by atoms with Crippen LogP contribution in [0.3, 0.4) is 0 Å². The summed E-state index contributed by atoms with van der Waals surface area (Å²) >= 11 is 0. The first kappa shape index (κ1) is 9.95. The van der Waals surface area contributed by atoms with Crippen LogP contribution in [0.1, 0.15) is 0 Å².